The number of halogens is 2. The summed E-state index contributed by atoms with van der Waals surface area (Å²) in [5.74, 6) is 6.98. The van der Waals surface area contributed by atoms with Gasteiger partial charge in [-0.1, -0.05) is 35.0 Å². The van der Waals surface area contributed by atoms with Crippen LogP contribution in [0.25, 0.3) is 0 Å². The van der Waals surface area contributed by atoms with E-state index in [4.69, 9.17) is 29.0 Å². The van der Waals surface area contributed by atoms with E-state index in [2.05, 4.69) is 15.5 Å². The lowest BCUT2D eigenvalue weighted by Crippen LogP contribution is -2.23. The quantitative estimate of drug-likeness (QED) is 0.621. The molecule has 1 fully saturated rings. The third-order valence-corrected chi connectivity index (χ3v) is 4.91. The van der Waals surface area contributed by atoms with Crippen molar-refractivity contribution in [3.63, 3.8) is 0 Å². The number of thioether (sulfide) groups is 1. The standard InChI is InChI=1S/C14H15Cl2N5OS/c1-7(13(22)18-11-5-9(15)4-10(16)6-11)23-14-20-19-12(21(14)17)8-2-3-8/h4-8H,2-3,17H2,1H3,(H,18,22)/t7-/m1/s1. The highest BCUT2D eigenvalue weighted by atomic mass is 35.5. The molecule has 0 radical (unpaired) electrons. The van der Waals surface area contributed by atoms with Crippen LogP contribution in [0.2, 0.25) is 10.0 Å². The van der Waals surface area contributed by atoms with Gasteiger partial charge in [-0.25, -0.2) is 4.68 Å². The van der Waals surface area contributed by atoms with Crippen LogP contribution in [0.3, 0.4) is 0 Å². The first-order chi connectivity index (χ1) is 10.9. The van der Waals surface area contributed by atoms with Gasteiger partial charge in [-0.3, -0.25) is 4.79 Å². The van der Waals surface area contributed by atoms with Crippen molar-refractivity contribution < 1.29 is 4.79 Å². The summed E-state index contributed by atoms with van der Waals surface area (Å²) < 4.78 is 1.47. The number of nitrogens with one attached hydrogen (secondary N) is 1. The van der Waals surface area contributed by atoms with Crippen LogP contribution in [-0.4, -0.2) is 26.0 Å². The second kappa shape index (κ2) is 6.59. The number of nitrogens with two attached hydrogens (primary N) is 1. The van der Waals surface area contributed by atoms with Crippen LogP contribution in [0.15, 0.2) is 23.4 Å². The number of hydrogen-bond donors (Lipinski definition) is 2. The predicted octanol–water partition coefficient (Wildman–Crippen LogP) is 3.30. The Labute approximate surface area is 147 Å². The smallest absolute Gasteiger partial charge is 0.237 e. The normalized spacial score (nSPS) is 15.4. The molecule has 3 rings (SSSR count). The molecule has 1 saturated carbocycles. The second-order valence-electron chi connectivity index (χ2n) is 5.39. The zero-order valence-corrected chi connectivity index (χ0v) is 14.6. The fourth-order valence-corrected chi connectivity index (χ4v) is 3.37. The lowest BCUT2D eigenvalue weighted by Gasteiger charge is -2.12. The minimum atomic E-state index is -0.397. The SMILES string of the molecule is C[C@@H](Sc1nnc(C2CC2)n1N)C(=O)Nc1cc(Cl)cc(Cl)c1. The van der Waals surface area contributed by atoms with Gasteiger partial charge < -0.3 is 11.2 Å². The Kier molecular flexibility index (Phi) is 4.70. The van der Waals surface area contributed by atoms with Gasteiger partial charge in [-0.2, -0.15) is 0 Å². The molecule has 122 valence electrons. The Morgan fingerprint density at radius 3 is 2.61 bits per heavy atom. The van der Waals surface area contributed by atoms with Crippen LogP contribution in [0.5, 0.6) is 0 Å². The van der Waals surface area contributed by atoms with Gasteiger partial charge in [-0.15, -0.1) is 10.2 Å². The Bertz CT molecular complexity index is 727. The molecule has 1 heterocycles. The first kappa shape index (κ1) is 16.4. The summed E-state index contributed by atoms with van der Waals surface area (Å²) in [5, 5.41) is 12.0. The number of hydrogen-bond acceptors (Lipinski definition) is 5. The van der Waals surface area contributed by atoms with Crippen LogP contribution >= 0.6 is 35.0 Å². The van der Waals surface area contributed by atoms with E-state index in [1.54, 1.807) is 25.1 Å². The van der Waals surface area contributed by atoms with Gasteiger partial charge in [0.2, 0.25) is 11.1 Å². The maximum Gasteiger partial charge on any atom is 0.237 e. The number of benzene rings is 1. The van der Waals surface area contributed by atoms with Crippen LogP contribution in [-0.2, 0) is 4.79 Å². The van der Waals surface area contributed by atoms with Gasteiger partial charge in [-0.05, 0) is 38.0 Å². The first-order valence-corrected chi connectivity index (χ1v) is 8.71. The topological polar surface area (TPSA) is 85.8 Å². The Balaban J connectivity index is 1.65. The highest BCUT2D eigenvalue weighted by Crippen LogP contribution is 2.39. The summed E-state index contributed by atoms with van der Waals surface area (Å²) in [4.78, 5) is 12.3. The van der Waals surface area contributed by atoms with E-state index in [0.717, 1.165) is 18.7 Å². The van der Waals surface area contributed by atoms with Crippen LogP contribution in [0.1, 0.15) is 31.5 Å². The number of nitrogens with zero attached hydrogens (tertiary/aromatic N) is 3. The Morgan fingerprint density at radius 1 is 1.35 bits per heavy atom. The highest BCUT2D eigenvalue weighted by molar-refractivity contribution is 8.00. The van der Waals surface area contributed by atoms with Crippen molar-refractivity contribution in [2.75, 3.05) is 11.2 Å². The Morgan fingerprint density at radius 2 is 2.00 bits per heavy atom. The number of rotatable bonds is 5. The van der Waals surface area contributed by atoms with Gasteiger partial charge in [0.1, 0.15) is 0 Å². The fourth-order valence-electron chi connectivity index (χ4n) is 2.07. The Hall–Kier alpha value is -1.44. The third-order valence-electron chi connectivity index (χ3n) is 3.41. The molecule has 0 bridgehead atoms. The van der Waals surface area contributed by atoms with E-state index >= 15 is 0 Å². The van der Waals surface area contributed by atoms with Crippen LogP contribution < -0.4 is 11.2 Å². The van der Waals surface area contributed by atoms with Gasteiger partial charge >= 0.3 is 0 Å². The summed E-state index contributed by atoms with van der Waals surface area (Å²) in [6, 6.07) is 4.88. The molecular formula is C14H15Cl2N5OS. The molecule has 1 aliphatic rings. The van der Waals surface area contributed by atoms with E-state index < -0.39 is 5.25 Å². The molecule has 1 aromatic heterocycles. The molecule has 0 spiro atoms. The van der Waals surface area contributed by atoms with Crippen molar-refractivity contribution in [2.24, 2.45) is 0 Å². The van der Waals surface area contributed by atoms with Gasteiger partial charge in [0.05, 0.1) is 5.25 Å². The van der Waals surface area contributed by atoms with Gasteiger partial charge in [0.25, 0.3) is 0 Å². The molecule has 1 amide bonds. The monoisotopic (exact) mass is 371 g/mol. The fraction of sp³-hybridized carbons (Fsp3) is 0.357. The van der Waals surface area contributed by atoms with Crippen molar-refractivity contribution >= 4 is 46.6 Å². The first-order valence-electron chi connectivity index (χ1n) is 7.08. The molecule has 1 aliphatic carbocycles. The number of carbonyl (C=O) groups excluding carboxylic acids is 1. The number of carbonyl (C=O) groups is 1. The largest absolute Gasteiger partial charge is 0.336 e. The van der Waals surface area contributed by atoms with E-state index in [1.165, 1.54) is 16.4 Å². The predicted molar refractivity (Wildman–Crippen MR) is 92.6 cm³/mol. The van der Waals surface area contributed by atoms with E-state index in [0.29, 0.717) is 26.8 Å². The van der Waals surface area contributed by atoms with Crippen LogP contribution in [0, 0.1) is 0 Å². The van der Waals surface area contributed by atoms with Crippen molar-refractivity contribution in [1.29, 1.82) is 0 Å². The number of aromatic nitrogens is 3. The molecule has 3 N–H and O–H groups in total. The summed E-state index contributed by atoms with van der Waals surface area (Å²) >= 11 is 13.1. The minimum Gasteiger partial charge on any atom is -0.336 e. The van der Waals surface area contributed by atoms with Crippen molar-refractivity contribution in [2.45, 2.75) is 36.1 Å². The van der Waals surface area contributed by atoms with Crippen molar-refractivity contribution in [1.82, 2.24) is 14.9 Å². The van der Waals surface area contributed by atoms with Crippen molar-refractivity contribution in [3.8, 4) is 0 Å². The molecular weight excluding hydrogens is 357 g/mol. The van der Waals surface area contributed by atoms with Gasteiger partial charge in [0.15, 0.2) is 5.82 Å². The lowest BCUT2D eigenvalue weighted by atomic mass is 10.3. The average Bonchev–Trinajstić information content (AvgIpc) is 3.24. The minimum absolute atomic E-state index is 0.190. The summed E-state index contributed by atoms with van der Waals surface area (Å²) in [5.41, 5.74) is 0.549. The maximum atomic E-state index is 12.3. The van der Waals surface area contributed by atoms with E-state index in [1.807, 2.05) is 0 Å². The zero-order valence-electron chi connectivity index (χ0n) is 12.3. The zero-order chi connectivity index (χ0) is 16.6. The average molecular weight is 372 g/mol. The molecule has 0 unspecified atom stereocenters. The molecule has 1 aromatic carbocycles. The van der Waals surface area contributed by atoms with E-state index in [-0.39, 0.29) is 5.91 Å². The molecule has 2 aromatic rings. The number of nitrogen functional groups attached to an aromatic ring is 1. The molecule has 9 heteroatoms. The summed E-state index contributed by atoms with van der Waals surface area (Å²) in [6.45, 7) is 1.78. The maximum absolute atomic E-state index is 12.3. The molecule has 6 nitrogen and oxygen atoms in total. The number of amides is 1. The molecule has 1 atom stereocenters. The second-order valence-corrected chi connectivity index (χ2v) is 7.57. The van der Waals surface area contributed by atoms with Crippen molar-refractivity contribution in [3.05, 3.63) is 34.1 Å². The van der Waals surface area contributed by atoms with Crippen LogP contribution in [0.4, 0.5) is 5.69 Å². The molecule has 0 saturated heterocycles. The molecule has 0 aliphatic heterocycles. The third kappa shape index (κ3) is 3.91. The summed E-state index contributed by atoms with van der Waals surface area (Å²) in [7, 11) is 0. The van der Waals surface area contributed by atoms with Gasteiger partial charge in [0, 0.05) is 21.7 Å². The molecule has 23 heavy (non-hydrogen) atoms. The summed E-state index contributed by atoms with van der Waals surface area (Å²) in [6.07, 6.45) is 2.18. The highest BCUT2D eigenvalue weighted by Gasteiger charge is 2.30. The lowest BCUT2D eigenvalue weighted by molar-refractivity contribution is -0.115. The van der Waals surface area contributed by atoms with E-state index in [9.17, 15) is 4.79 Å². The number of anilines is 1.